The molecule has 120 valence electrons. The maximum absolute atomic E-state index is 12.0. The number of amides is 3. The van der Waals surface area contributed by atoms with Gasteiger partial charge in [-0.15, -0.1) is 0 Å². The molecule has 2 atom stereocenters. The van der Waals surface area contributed by atoms with E-state index in [1.807, 2.05) is 0 Å². The van der Waals surface area contributed by atoms with Gasteiger partial charge in [0.25, 0.3) is 0 Å². The molecule has 1 aliphatic heterocycles. The molecule has 2 unspecified atom stereocenters. The number of aliphatic carboxylic acids is 1. The van der Waals surface area contributed by atoms with Crippen LogP contribution in [0.15, 0.2) is 0 Å². The highest BCUT2D eigenvalue weighted by molar-refractivity contribution is 5.83. The van der Waals surface area contributed by atoms with Crippen LogP contribution in [0, 0.1) is 5.92 Å². The summed E-state index contributed by atoms with van der Waals surface area (Å²) in [6.45, 7) is 1.87. The van der Waals surface area contributed by atoms with Crippen LogP contribution in [0.5, 0.6) is 0 Å². The lowest BCUT2D eigenvalue weighted by Gasteiger charge is -2.28. The summed E-state index contributed by atoms with van der Waals surface area (Å²) >= 11 is 0. The quantitative estimate of drug-likeness (QED) is 0.599. The first-order valence-corrected chi connectivity index (χ1v) is 7.00. The SMILES string of the molecule is CN(CC1CCCOC1)C(=O)NC(CCC(N)=O)C(=O)O. The van der Waals surface area contributed by atoms with Crippen molar-refractivity contribution in [1.29, 1.82) is 0 Å². The number of carbonyl (C=O) groups excluding carboxylic acids is 2. The second-order valence-electron chi connectivity index (χ2n) is 5.31. The van der Waals surface area contributed by atoms with Crippen molar-refractivity contribution < 1.29 is 24.2 Å². The van der Waals surface area contributed by atoms with Crippen molar-refractivity contribution in [3.05, 3.63) is 0 Å². The van der Waals surface area contributed by atoms with Crippen molar-refractivity contribution >= 4 is 17.9 Å². The van der Waals surface area contributed by atoms with Gasteiger partial charge in [-0.1, -0.05) is 0 Å². The molecule has 3 amide bonds. The van der Waals surface area contributed by atoms with Gasteiger partial charge in [0.2, 0.25) is 5.91 Å². The maximum Gasteiger partial charge on any atom is 0.326 e. The zero-order valence-corrected chi connectivity index (χ0v) is 12.2. The van der Waals surface area contributed by atoms with Gasteiger partial charge in [0.1, 0.15) is 6.04 Å². The van der Waals surface area contributed by atoms with E-state index in [0.717, 1.165) is 19.4 Å². The van der Waals surface area contributed by atoms with Crippen LogP contribution in [0.2, 0.25) is 0 Å². The summed E-state index contributed by atoms with van der Waals surface area (Å²) in [5, 5.41) is 11.4. The van der Waals surface area contributed by atoms with E-state index in [1.54, 1.807) is 7.05 Å². The molecule has 0 aromatic heterocycles. The second-order valence-corrected chi connectivity index (χ2v) is 5.31. The van der Waals surface area contributed by atoms with Crippen LogP contribution in [0.4, 0.5) is 4.79 Å². The predicted molar refractivity (Wildman–Crippen MR) is 74.6 cm³/mol. The Labute approximate surface area is 123 Å². The van der Waals surface area contributed by atoms with Gasteiger partial charge in [0.15, 0.2) is 0 Å². The van der Waals surface area contributed by atoms with Crippen molar-refractivity contribution in [3.8, 4) is 0 Å². The van der Waals surface area contributed by atoms with Crippen molar-refractivity contribution in [2.24, 2.45) is 11.7 Å². The van der Waals surface area contributed by atoms with Gasteiger partial charge in [-0.3, -0.25) is 4.79 Å². The smallest absolute Gasteiger partial charge is 0.326 e. The molecule has 0 aromatic rings. The minimum atomic E-state index is -1.18. The molecule has 4 N–H and O–H groups in total. The second kappa shape index (κ2) is 8.46. The molecule has 0 bridgehead atoms. The summed E-state index contributed by atoms with van der Waals surface area (Å²) in [6.07, 6.45) is 1.85. The number of nitrogens with zero attached hydrogens (tertiary/aromatic N) is 1. The monoisotopic (exact) mass is 301 g/mol. The number of hydrogen-bond acceptors (Lipinski definition) is 4. The fourth-order valence-corrected chi connectivity index (χ4v) is 2.22. The number of nitrogens with two attached hydrogens (primary N) is 1. The van der Waals surface area contributed by atoms with Crippen molar-refractivity contribution in [2.75, 3.05) is 26.8 Å². The molecule has 8 nitrogen and oxygen atoms in total. The third kappa shape index (κ3) is 6.44. The van der Waals surface area contributed by atoms with Crippen LogP contribution in [0.3, 0.4) is 0 Å². The number of carboxylic acids is 1. The lowest BCUT2D eigenvalue weighted by atomic mass is 10.0. The zero-order valence-electron chi connectivity index (χ0n) is 12.2. The summed E-state index contributed by atoms with van der Waals surface area (Å²) in [7, 11) is 1.61. The van der Waals surface area contributed by atoms with E-state index < -0.39 is 23.9 Å². The summed E-state index contributed by atoms with van der Waals surface area (Å²) in [4.78, 5) is 35.2. The minimum absolute atomic E-state index is 0.0171. The van der Waals surface area contributed by atoms with E-state index in [2.05, 4.69) is 5.32 Å². The van der Waals surface area contributed by atoms with Gasteiger partial charge in [-0.05, 0) is 19.3 Å². The van der Waals surface area contributed by atoms with Gasteiger partial charge in [-0.25, -0.2) is 9.59 Å². The van der Waals surface area contributed by atoms with Crippen LogP contribution < -0.4 is 11.1 Å². The van der Waals surface area contributed by atoms with Gasteiger partial charge in [0.05, 0.1) is 6.61 Å². The van der Waals surface area contributed by atoms with Crippen LogP contribution in [0.25, 0.3) is 0 Å². The van der Waals surface area contributed by atoms with Crippen LogP contribution in [0.1, 0.15) is 25.7 Å². The number of urea groups is 1. The predicted octanol–water partition coefficient (Wildman–Crippen LogP) is -0.227. The molecule has 0 aromatic carbocycles. The molecule has 1 saturated heterocycles. The van der Waals surface area contributed by atoms with Crippen molar-refractivity contribution in [2.45, 2.75) is 31.7 Å². The van der Waals surface area contributed by atoms with Gasteiger partial charge in [0, 0.05) is 32.5 Å². The van der Waals surface area contributed by atoms with E-state index in [-0.39, 0.29) is 18.8 Å². The molecular weight excluding hydrogens is 278 g/mol. The van der Waals surface area contributed by atoms with Gasteiger partial charge >= 0.3 is 12.0 Å². The van der Waals surface area contributed by atoms with E-state index in [4.69, 9.17) is 15.6 Å². The average Bonchev–Trinajstić information content (AvgIpc) is 2.43. The number of nitrogens with one attached hydrogen (secondary N) is 1. The molecule has 1 fully saturated rings. The molecule has 1 heterocycles. The molecule has 0 saturated carbocycles. The van der Waals surface area contributed by atoms with E-state index in [1.165, 1.54) is 4.90 Å². The van der Waals surface area contributed by atoms with E-state index in [0.29, 0.717) is 13.2 Å². The Morgan fingerprint density at radius 3 is 2.71 bits per heavy atom. The number of carboxylic acid groups (broad SMARTS) is 1. The summed E-state index contributed by atoms with van der Waals surface area (Å²) in [5.74, 6) is -1.51. The molecule has 0 spiro atoms. The lowest BCUT2D eigenvalue weighted by Crippen LogP contribution is -2.48. The maximum atomic E-state index is 12.0. The molecule has 0 aliphatic carbocycles. The first kappa shape index (κ1) is 17.2. The van der Waals surface area contributed by atoms with Gasteiger partial charge < -0.3 is 25.8 Å². The highest BCUT2D eigenvalue weighted by Crippen LogP contribution is 2.14. The number of ether oxygens (including phenoxy) is 1. The topological polar surface area (TPSA) is 122 Å². The average molecular weight is 301 g/mol. The zero-order chi connectivity index (χ0) is 15.8. The summed E-state index contributed by atoms with van der Waals surface area (Å²) in [6, 6.07) is -1.59. The summed E-state index contributed by atoms with van der Waals surface area (Å²) < 4.78 is 5.34. The first-order chi connectivity index (χ1) is 9.90. The van der Waals surface area contributed by atoms with Crippen LogP contribution in [-0.2, 0) is 14.3 Å². The van der Waals surface area contributed by atoms with Crippen LogP contribution >= 0.6 is 0 Å². The highest BCUT2D eigenvalue weighted by Gasteiger charge is 2.24. The Bertz CT molecular complexity index is 382. The summed E-state index contributed by atoms with van der Waals surface area (Å²) in [5.41, 5.74) is 4.99. The molecular formula is C13H23N3O5. The third-order valence-corrected chi connectivity index (χ3v) is 3.41. The Balaban J connectivity index is 2.43. The molecule has 1 aliphatic rings. The Morgan fingerprint density at radius 2 is 2.19 bits per heavy atom. The number of rotatable bonds is 7. The molecule has 0 radical (unpaired) electrons. The largest absolute Gasteiger partial charge is 0.480 e. The number of primary amides is 1. The minimum Gasteiger partial charge on any atom is -0.480 e. The normalized spacial score (nSPS) is 19.6. The third-order valence-electron chi connectivity index (χ3n) is 3.41. The fraction of sp³-hybridized carbons (Fsp3) is 0.769. The number of carbonyl (C=O) groups is 3. The Hall–Kier alpha value is -1.83. The van der Waals surface area contributed by atoms with Crippen molar-refractivity contribution in [3.63, 3.8) is 0 Å². The fourth-order valence-electron chi connectivity index (χ4n) is 2.22. The van der Waals surface area contributed by atoms with E-state index in [9.17, 15) is 14.4 Å². The van der Waals surface area contributed by atoms with Crippen molar-refractivity contribution in [1.82, 2.24) is 10.2 Å². The van der Waals surface area contributed by atoms with Crippen LogP contribution in [-0.4, -0.2) is 60.8 Å². The highest BCUT2D eigenvalue weighted by atomic mass is 16.5. The van der Waals surface area contributed by atoms with E-state index >= 15 is 0 Å². The Morgan fingerprint density at radius 1 is 1.48 bits per heavy atom. The van der Waals surface area contributed by atoms with Gasteiger partial charge in [-0.2, -0.15) is 0 Å². The standard InChI is InChI=1S/C13H23N3O5/c1-16(7-9-3-2-6-21-8-9)13(20)15-10(12(18)19)4-5-11(14)17/h9-10H,2-8H2,1H3,(H2,14,17)(H,15,20)(H,18,19). The lowest BCUT2D eigenvalue weighted by molar-refractivity contribution is -0.139. The molecule has 21 heavy (non-hydrogen) atoms. The molecule has 1 rings (SSSR count). The first-order valence-electron chi connectivity index (χ1n) is 7.00. The Kier molecular flexibility index (Phi) is 6.93. The molecule has 8 heteroatoms. The number of hydrogen-bond donors (Lipinski definition) is 3.